The summed E-state index contributed by atoms with van der Waals surface area (Å²) in [6.45, 7) is 11.5. The van der Waals surface area contributed by atoms with Crippen molar-refractivity contribution in [3.05, 3.63) is 93.6 Å². The molecule has 0 aliphatic carbocycles. The summed E-state index contributed by atoms with van der Waals surface area (Å²) in [5, 5.41) is 41.4. The molecule has 2 aliphatic rings. The van der Waals surface area contributed by atoms with Gasteiger partial charge >= 0.3 is 0 Å². The molecule has 0 aromatic heterocycles. The highest BCUT2D eigenvalue weighted by Gasteiger charge is 2.65. The van der Waals surface area contributed by atoms with Crippen molar-refractivity contribution >= 4 is 11.4 Å². The van der Waals surface area contributed by atoms with Crippen LogP contribution in [0, 0.1) is 20.5 Å². The highest BCUT2D eigenvalue weighted by Crippen LogP contribution is 2.51. The van der Waals surface area contributed by atoms with Gasteiger partial charge in [0.2, 0.25) is 0 Å². The van der Waals surface area contributed by atoms with Crippen LogP contribution in [0.3, 0.4) is 0 Å². The summed E-state index contributed by atoms with van der Waals surface area (Å²) in [5.74, 6) is 0. The molecule has 8 nitrogen and oxygen atoms in total. The van der Waals surface area contributed by atoms with E-state index >= 15 is 0 Å². The van der Waals surface area contributed by atoms with Crippen molar-refractivity contribution in [1.29, 1.82) is 0 Å². The van der Waals surface area contributed by atoms with E-state index in [4.69, 9.17) is 0 Å². The minimum absolute atomic E-state index is 0.0575. The van der Waals surface area contributed by atoms with Crippen molar-refractivity contribution in [2.45, 2.75) is 24.9 Å². The molecule has 2 fully saturated rings. The van der Waals surface area contributed by atoms with Crippen molar-refractivity contribution in [3.63, 3.8) is 0 Å². The maximum Gasteiger partial charge on any atom is 0.196 e. The summed E-state index contributed by atoms with van der Waals surface area (Å²) in [7, 11) is 1.53. The number of anilines is 1. The molecule has 2 saturated heterocycles. The van der Waals surface area contributed by atoms with Crippen LogP contribution in [0.1, 0.15) is 13.8 Å². The first-order valence-electron chi connectivity index (χ1n) is 9.96. The standard InChI is InChI=1S/C23H25N4O4/c1-16(24-28)22(3)15-27(22,31)21-12-8-19(9-13-21)18-6-10-20(11-7-18)25(29)17(2)23(4)14-26(23,5)30/h6-13H,1-2,14-15H2,3-5H3/q-1/t22-,23-,26?,27?/m1/s1. The van der Waals surface area contributed by atoms with Gasteiger partial charge in [0.1, 0.15) is 24.5 Å². The number of hydroxylamine groups is 6. The largest absolute Gasteiger partial charge is 0.754 e. The SMILES string of the molecule is C=C(N([O-])c1ccc(-c2ccc([N+]3([O-])C[C@]3(C)C(=C)N=O)cc2)cc1)[C@@]1(C)C[N+]1(C)[O-]. The molecule has 0 N–H and O–H groups in total. The van der Waals surface area contributed by atoms with Crippen molar-refractivity contribution in [2.75, 3.05) is 25.2 Å². The molecule has 2 unspecified atom stereocenters. The Morgan fingerprint density at radius 1 is 0.968 bits per heavy atom. The average Bonchev–Trinajstić information content (AvgIpc) is 3.54. The topological polar surface area (TPSA) is 102 Å². The maximum atomic E-state index is 13.0. The van der Waals surface area contributed by atoms with Gasteiger partial charge in [-0.1, -0.05) is 25.3 Å². The third kappa shape index (κ3) is 3.03. The third-order valence-corrected chi connectivity index (χ3v) is 7.09. The zero-order valence-electron chi connectivity index (χ0n) is 17.9. The van der Waals surface area contributed by atoms with E-state index in [0.29, 0.717) is 17.9 Å². The maximum absolute atomic E-state index is 13.0. The molecule has 162 valence electrons. The molecule has 0 radical (unpaired) electrons. The first kappa shape index (κ1) is 21.4. The molecule has 2 heterocycles. The molecular formula is C23H25N4O4-. The second-order valence-electron chi connectivity index (χ2n) is 9.08. The lowest BCUT2D eigenvalue weighted by molar-refractivity contribution is -0.748. The summed E-state index contributed by atoms with van der Waals surface area (Å²) >= 11 is 0. The highest BCUT2D eigenvalue weighted by molar-refractivity contribution is 5.70. The van der Waals surface area contributed by atoms with E-state index in [1.165, 1.54) is 7.05 Å². The molecule has 0 amide bonds. The van der Waals surface area contributed by atoms with E-state index in [1.54, 1.807) is 38.1 Å². The monoisotopic (exact) mass is 421 g/mol. The molecule has 2 aliphatic heterocycles. The molecule has 8 heteroatoms. The second kappa shape index (κ2) is 6.56. The number of hydrogen-bond acceptors (Lipinski definition) is 6. The Hall–Kier alpha value is -2.88. The number of nitrogens with zero attached hydrogens (tertiary/aromatic N) is 4. The van der Waals surface area contributed by atoms with Gasteiger partial charge in [-0.05, 0) is 40.6 Å². The summed E-state index contributed by atoms with van der Waals surface area (Å²) in [4.78, 5) is 10.8. The van der Waals surface area contributed by atoms with Gasteiger partial charge in [-0.3, -0.25) is 0 Å². The lowest BCUT2D eigenvalue weighted by atomic mass is 10.0. The lowest BCUT2D eigenvalue weighted by Gasteiger charge is -2.36. The number of nitroso groups, excluding NO2 is 1. The fourth-order valence-electron chi connectivity index (χ4n) is 4.15. The van der Waals surface area contributed by atoms with E-state index in [0.717, 1.165) is 16.2 Å². The first-order chi connectivity index (χ1) is 14.4. The van der Waals surface area contributed by atoms with Crippen LogP contribution in [0.15, 0.2) is 78.3 Å². The Kier molecular flexibility index (Phi) is 4.52. The van der Waals surface area contributed by atoms with Crippen LogP contribution < -0.4 is 9.71 Å². The van der Waals surface area contributed by atoms with Crippen LogP contribution >= 0.6 is 0 Å². The Balaban J connectivity index is 1.50. The fraction of sp³-hybridized carbons (Fsp3) is 0.304. The van der Waals surface area contributed by atoms with Gasteiger partial charge in [-0.15, -0.1) is 4.91 Å². The predicted molar refractivity (Wildman–Crippen MR) is 123 cm³/mol. The lowest BCUT2D eigenvalue weighted by Crippen LogP contribution is -2.32. The van der Waals surface area contributed by atoms with Crippen molar-refractivity contribution in [2.24, 2.45) is 5.18 Å². The van der Waals surface area contributed by atoms with E-state index < -0.39 is 20.4 Å². The van der Waals surface area contributed by atoms with Crippen LogP contribution in [0.25, 0.3) is 11.1 Å². The zero-order valence-corrected chi connectivity index (χ0v) is 17.9. The van der Waals surface area contributed by atoms with Gasteiger partial charge in [-0.2, -0.15) is 0 Å². The number of likely N-dealkylation sites (N-methyl/N-ethyl adjacent to an activating group) is 1. The number of hydrogen-bond donors (Lipinski definition) is 0. The van der Waals surface area contributed by atoms with Crippen LogP contribution in [-0.2, 0) is 0 Å². The molecule has 4 atom stereocenters. The third-order valence-electron chi connectivity index (χ3n) is 7.09. The minimum Gasteiger partial charge on any atom is -0.754 e. The van der Waals surface area contributed by atoms with E-state index in [2.05, 4.69) is 18.3 Å². The van der Waals surface area contributed by atoms with E-state index in [9.17, 15) is 20.5 Å². The second-order valence-corrected chi connectivity index (χ2v) is 9.08. The molecule has 31 heavy (non-hydrogen) atoms. The van der Waals surface area contributed by atoms with E-state index in [1.807, 2.05) is 24.3 Å². The number of benzene rings is 2. The van der Waals surface area contributed by atoms with Gasteiger partial charge in [-0.25, -0.2) is 0 Å². The summed E-state index contributed by atoms with van der Waals surface area (Å²) in [5.41, 5.74) is 1.30. The van der Waals surface area contributed by atoms with Gasteiger partial charge in [0.15, 0.2) is 11.1 Å². The quantitative estimate of drug-likeness (QED) is 0.211. The predicted octanol–water partition coefficient (Wildman–Crippen LogP) is 4.75. The normalized spacial score (nSPS) is 33.5. The van der Waals surface area contributed by atoms with Gasteiger partial charge in [0, 0.05) is 31.7 Å². The molecule has 0 spiro atoms. The number of rotatable bonds is 7. The molecule has 0 bridgehead atoms. The number of quaternary nitrogens is 2. The zero-order chi connectivity index (χ0) is 22.8. The van der Waals surface area contributed by atoms with Crippen LogP contribution in [0.2, 0.25) is 0 Å². The van der Waals surface area contributed by atoms with Gasteiger partial charge < -0.3 is 30.0 Å². The summed E-state index contributed by atoms with van der Waals surface area (Å²) in [6.07, 6.45) is 0. The molecule has 2 aromatic rings. The fourth-order valence-corrected chi connectivity index (χ4v) is 4.15. The highest BCUT2D eigenvalue weighted by atomic mass is 16.6. The van der Waals surface area contributed by atoms with Crippen molar-refractivity contribution in [3.8, 4) is 11.1 Å². The first-order valence-corrected chi connectivity index (χ1v) is 9.96. The van der Waals surface area contributed by atoms with Crippen molar-refractivity contribution < 1.29 is 4.65 Å². The smallest absolute Gasteiger partial charge is 0.196 e. The molecular weight excluding hydrogens is 396 g/mol. The Morgan fingerprint density at radius 2 is 1.45 bits per heavy atom. The van der Waals surface area contributed by atoms with Crippen LogP contribution in [0.5, 0.6) is 0 Å². The summed E-state index contributed by atoms with van der Waals surface area (Å²) in [6, 6.07) is 14.1. The van der Waals surface area contributed by atoms with Crippen LogP contribution in [0.4, 0.5) is 11.4 Å². The molecule has 4 rings (SSSR count). The molecule has 2 aromatic carbocycles. The van der Waals surface area contributed by atoms with Gasteiger partial charge in [0.05, 0.1) is 12.7 Å². The van der Waals surface area contributed by atoms with Gasteiger partial charge in [0.25, 0.3) is 0 Å². The minimum atomic E-state index is -0.915. The molecule has 0 saturated carbocycles. The Bertz CT molecular complexity index is 1080. The Labute approximate surface area is 181 Å². The summed E-state index contributed by atoms with van der Waals surface area (Å²) < 4.78 is -1.15. The van der Waals surface area contributed by atoms with Crippen LogP contribution in [-0.4, -0.2) is 35.9 Å². The Morgan fingerprint density at radius 3 is 1.90 bits per heavy atom. The van der Waals surface area contributed by atoms with E-state index in [-0.39, 0.29) is 17.9 Å². The average molecular weight is 421 g/mol. The van der Waals surface area contributed by atoms with Crippen molar-refractivity contribution in [1.82, 2.24) is 4.65 Å².